The first-order valence-electron chi connectivity index (χ1n) is 3.37. The molecule has 0 nitrogen and oxygen atoms in total. The zero-order valence-electron chi connectivity index (χ0n) is 6.69. The van der Waals surface area contributed by atoms with Crippen LogP contribution in [0.1, 0.15) is 13.3 Å². The van der Waals surface area contributed by atoms with Crippen molar-refractivity contribution in [2.75, 3.05) is 17.3 Å². The summed E-state index contributed by atoms with van der Waals surface area (Å²) in [5.41, 5.74) is 0.295. The van der Waals surface area contributed by atoms with Gasteiger partial charge in [-0.2, -0.15) is 11.8 Å². The van der Waals surface area contributed by atoms with Crippen LogP contribution in [0.3, 0.4) is 0 Å². The third-order valence-electron chi connectivity index (χ3n) is 1.68. The first-order valence-corrected chi connectivity index (χ1v) is 5.88. The maximum Gasteiger partial charge on any atom is 0.0120 e. The van der Waals surface area contributed by atoms with Gasteiger partial charge in [0.05, 0.1) is 0 Å². The lowest BCUT2D eigenvalue weighted by Crippen LogP contribution is -2.15. The predicted octanol–water partition coefficient (Wildman–Crippen LogP) is 3.33. The molecule has 0 N–H and O–H groups in total. The van der Waals surface area contributed by atoms with Crippen molar-refractivity contribution in [2.24, 2.45) is 5.41 Å². The highest BCUT2D eigenvalue weighted by molar-refractivity contribution is 9.09. The first kappa shape index (κ1) is 10.6. The number of allylic oxidation sites excluding steroid dienone is 1. The second-order valence-electron chi connectivity index (χ2n) is 2.73. The standard InChI is InChI=1S/C8H15BrS/c1-4-8(2,7-9)5-6-10-3/h4H,1,5-7H2,2-3H3. The summed E-state index contributed by atoms with van der Waals surface area (Å²) in [7, 11) is 0. The summed E-state index contributed by atoms with van der Waals surface area (Å²) in [6, 6.07) is 0. The van der Waals surface area contributed by atoms with E-state index >= 15 is 0 Å². The SMILES string of the molecule is C=CC(C)(CBr)CCSC. The van der Waals surface area contributed by atoms with Crippen molar-refractivity contribution >= 4 is 27.7 Å². The Balaban J connectivity index is 3.68. The fourth-order valence-corrected chi connectivity index (χ4v) is 1.74. The Morgan fingerprint density at radius 2 is 2.30 bits per heavy atom. The summed E-state index contributed by atoms with van der Waals surface area (Å²) in [5, 5.41) is 1.02. The average molecular weight is 223 g/mol. The smallest absolute Gasteiger partial charge is 0.0120 e. The lowest BCUT2D eigenvalue weighted by atomic mass is 9.91. The molecule has 2 heteroatoms. The molecule has 60 valence electrons. The van der Waals surface area contributed by atoms with E-state index in [-0.39, 0.29) is 0 Å². The van der Waals surface area contributed by atoms with E-state index in [4.69, 9.17) is 0 Å². The van der Waals surface area contributed by atoms with E-state index in [2.05, 4.69) is 35.7 Å². The molecule has 0 aliphatic rings. The van der Waals surface area contributed by atoms with Gasteiger partial charge in [-0.15, -0.1) is 6.58 Å². The van der Waals surface area contributed by atoms with Crippen LogP contribution in [0.4, 0.5) is 0 Å². The molecule has 0 radical (unpaired) electrons. The van der Waals surface area contributed by atoms with Gasteiger partial charge >= 0.3 is 0 Å². The Morgan fingerprint density at radius 3 is 2.60 bits per heavy atom. The average Bonchev–Trinajstić information content (AvgIpc) is 2.00. The molecule has 1 atom stereocenters. The third kappa shape index (κ3) is 3.67. The zero-order chi connectivity index (χ0) is 8.04. The topological polar surface area (TPSA) is 0 Å². The van der Waals surface area contributed by atoms with Crippen LogP contribution in [0.2, 0.25) is 0 Å². The Hall–Kier alpha value is 0.570. The van der Waals surface area contributed by atoms with Crippen molar-refractivity contribution in [3.8, 4) is 0 Å². The molecule has 0 fully saturated rings. The number of halogens is 1. The van der Waals surface area contributed by atoms with E-state index in [1.807, 2.05) is 17.8 Å². The van der Waals surface area contributed by atoms with E-state index in [1.54, 1.807) is 0 Å². The molecule has 0 aromatic heterocycles. The van der Waals surface area contributed by atoms with E-state index in [1.165, 1.54) is 12.2 Å². The molecule has 0 amide bonds. The Bertz CT molecular complexity index is 103. The first-order chi connectivity index (χ1) is 4.68. The minimum Gasteiger partial charge on any atom is -0.165 e. The van der Waals surface area contributed by atoms with Crippen molar-refractivity contribution in [1.82, 2.24) is 0 Å². The molecule has 0 aromatic rings. The van der Waals surface area contributed by atoms with Crippen molar-refractivity contribution in [1.29, 1.82) is 0 Å². The van der Waals surface area contributed by atoms with Gasteiger partial charge in [0.2, 0.25) is 0 Å². The predicted molar refractivity (Wildman–Crippen MR) is 55.1 cm³/mol. The van der Waals surface area contributed by atoms with Crippen LogP contribution in [-0.4, -0.2) is 17.3 Å². The van der Waals surface area contributed by atoms with Gasteiger partial charge in [0.15, 0.2) is 0 Å². The summed E-state index contributed by atoms with van der Waals surface area (Å²) in [6.07, 6.45) is 5.39. The van der Waals surface area contributed by atoms with Crippen LogP contribution in [0.15, 0.2) is 12.7 Å². The van der Waals surface area contributed by atoms with Crippen LogP contribution in [0.25, 0.3) is 0 Å². The van der Waals surface area contributed by atoms with Crippen LogP contribution in [0.5, 0.6) is 0 Å². The Morgan fingerprint density at radius 1 is 1.70 bits per heavy atom. The lowest BCUT2D eigenvalue weighted by Gasteiger charge is -2.21. The normalized spacial score (nSPS) is 16.3. The molecule has 0 saturated carbocycles. The molecule has 0 aromatic carbocycles. The quantitative estimate of drug-likeness (QED) is 0.509. The molecule has 1 unspecified atom stereocenters. The van der Waals surface area contributed by atoms with Gasteiger partial charge in [-0.25, -0.2) is 0 Å². The molecular weight excluding hydrogens is 208 g/mol. The van der Waals surface area contributed by atoms with Gasteiger partial charge in [0.1, 0.15) is 0 Å². The molecule has 0 heterocycles. The Labute approximate surface area is 76.6 Å². The van der Waals surface area contributed by atoms with Gasteiger partial charge < -0.3 is 0 Å². The highest BCUT2D eigenvalue weighted by Gasteiger charge is 2.16. The van der Waals surface area contributed by atoms with Gasteiger partial charge in [-0.05, 0) is 23.8 Å². The fourth-order valence-electron chi connectivity index (χ4n) is 0.559. The van der Waals surface area contributed by atoms with E-state index < -0.39 is 0 Å². The monoisotopic (exact) mass is 222 g/mol. The summed E-state index contributed by atoms with van der Waals surface area (Å²) in [6.45, 7) is 6.04. The maximum absolute atomic E-state index is 3.82. The summed E-state index contributed by atoms with van der Waals surface area (Å²) >= 11 is 5.37. The molecule has 0 saturated heterocycles. The Kier molecular flexibility index (Phi) is 5.55. The van der Waals surface area contributed by atoms with Gasteiger partial charge in [0.25, 0.3) is 0 Å². The van der Waals surface area contributed by atoms with Crippen LogP contribution in [-0.2, 0) is 0 Å². The summed E-state index contributed by atoms with van der Waals surface area (Å²) in [4.78, 5) is 0. The molecule has 0 bridgehead atoms. The minimum absolute atomic E-state index is 0.295. The van der Waals surface area contributed by atoms with E-state index in [9.17, 15) is 0 Å². The number of rotatable bonds is 5. The molecule has 0 aliphatic carbocycles. The number of hydrogen-bond donors (Lipinski definition) is 0. The summed E-state index contributed by atoms with van der Waals surface area (Å²) in [5.74, 6) is 1.22. The zero-order valence-corrected chi connectivity index (χ0v) is 9.09. The summed E-state index contributed by atoms with van der Waals surface area (Å²) < 4.78 is 0. The molecule has 0 aliphatic heterocycles. The highest BCUT2D eigenvalue weighted by atomic mass is 79.9. The second kappa shape index (κ2) is 5.25. The number of thioether (sulfide) groups is 1. The molecular formula is C8H15BrS. The van der Waals surface area contributed by atoms with Crippen molar-refractivity contribution in [2.45, 2.75) is 13.3 Å². The number of alkyl halides is 1. The van der Waals surface area contributed by atoms with Crippen molar-refractivity contribution in [3.63, 3.8) is 0 Å². The molecule has 10 heavy (non-hydrogen) atoms. The van der Waals surface area contributed by atoms with Crippen molar-refractivity contribution < 1.29 is 0 Å². The molecule has 0 spiro atoms. The maximum atomic E-state index is 3.82. The second-order valence-corrected chi connectivity index (χ2v) is 4.28. The van der Waals surface area contributed by atoms with E-state index in [0.717, 1.165) is 5.33 Å². The van der Waals surface area contributed by atoms with E-state index in [0.29, 0.717) is 5.41 Å². The lowest BCUT2D eigenvalue weighted by molar-refractivity contribution is 0.482. The highest BCUT2D eigenvalue weighted by Crippen LogP contribution is 2.26. The van der Waals surface area contributed by atoms with Crippen LogP contribution in [0, 0.1) is 5.41 Å². The number of hydrogen-bond acceptors (Lipinski definition) is 1. The van der Waals surface area contributed by atoms with Crippen molar-refractivity contribution in [3.05, 3.63) is 12.7 Å². The fraction of sp³-hybridized carbons (Fsp3) is 0.750. The van der Waals surface area contributed by atoms with Crippen LogP contribution < -0.4 is 0 Å². The minimum atomic E-state index is 0.295. The van der Waals surface area contributed by atoms with Gasteiger partial charge in [-0.3, -0.25) is 0 Å². The van der Waals surface area contributed by atoms with Gasteiger partial charge in [0, 0.05) is 5.33 Å². The third-order valence-corrected chi connectivity index (χ3v) is 3.57. The van der Waals surface area contributed by atoms with Crippen LogP contribution >= 0.6 is 27.7 Å². The van der Waals surface area contributed by atoms with Gasteiger partial charge in [-0.1, -0.05) is 28.9 Å². The molecule has 0 rings (SSSR count). The largest absolute Gasteiger partial charge is 0.165 e.